The Morgan fingerprint density at radius 2 is 2.33 bits per heavy atom. The molecule has 35 valence electrons. The van der Waals surface area contributed by atoms with E-state index < -0.39 is 0 Å². The Balaban J connectivity index is 2.34. The van der Waals surface area contributed by atoms with Crippen molar-refractivity contribution in [2.75, 3.05) is 6.54 Å². The maximum atomic E-state index is 3.07. The lowest BCUT2D eigenvalue weighted by Crippen LogP contribution is -2.15. The van der Waals surface area contributed by atoms with E-state index in [9.17, 15) is 0 Å². The molecule has 0 heterocycles. The van der Waals surface area contributed by atoms with Gasteiger partial charge >= 0.3 is 0 Å². The Labute approximate surface area is 40.4 Å². The summed E-state index contributed by atoms with van der Waals surface area (Å²) in [6.45, 7) is 5.25. The van der Waals surface area contributed by atoms with Crippen LogP contribution in [0.4, 0.5) is 0 Å². The van der Waals surface area contributed by atoms with E-state index >= 15 is 0 Å². The maximum Gasteiger partial charge on any atom is 0.201 e. The van der Waals surface area contributed by atoms with E-state index in [1.54, 1.807) is 0 Å². The average molecular weight is 84.0 g/mol. The van der Waals surface area contributed by atoms with Gasteiger partial charge in [0.2, 0.25) is 7.41 Å². The second-order valence-electron chi connectivity index (χ2n) is 1.24. The van der Waals surface area contributed by atoms with Gasteiger partial charge in [-0.05, 0) is 13.0 Å². The van der Waals surface area contributed by atoms with E-state index in [4.69, 9.17) is 0 Å². The molecule has 0 rings (SSSR count). The van der Waals surface area contributed by atoms with Crippen LogP contribution in [0.15, 0.2) is 0 Å². The standard InChI is InChI=1S/C4H11BN/c1-3-4-6-5-2/h6H,3-4H2,1-2H3. The summed E-state index contributed by atoms with van der Waals surface area (Å²) >= 11 is 0. The first-order valence-electron chi connectivity index (χ1n) is 2.43. The van der Waals surface area contributed by atoms with E-state index in [-0.39, 0.29) is 0 Å². The Morgan fingerprint density at radius 3 is 2.50 bits per heavy atom. The fraction of sp³-hybridized carbons (Fsp3) is 1.00. The van der Waals surface area contributed by atoms with Gasteiger partial charge in [-0.15, -0.1) is 0 Å². The lowest BCUT2D eigenvalue weighted by Gasteiger charge is -1.90. The van der Waals surface area contributed by atoms with Gasteiger partial charge in [0.05, 0.1) is 0 Å². The van der Waals surface area contributed by atoms with E-state index in [1.165, 1.54) is 6.42 Å². The molecule has 0 aromatic heterocycles. The fourth-order valence-corrected chi connectivity index (χ4v) is 0.289. The zero-order valence-corrected chi connectivity index (χ0v) is 4.49. The Bertz CT molecular complexity index is 19.5. The maximum absolute atomic E-state index is 3.07. The second kappa shape index (κ2) is 5.02. The minimum atomic E-state index is 1.11. The average Bonchev–Trinajstić information content (AvgIpc) is 1.61. The molecule has 0 fully saturated rings. The molecule has 0 bridgehead atoms. The SMILES string of the molecule is C[B]NCCC. The molecule has 0 saturated carbocycles. The summed E-state index contributed by atoms with van der Waals surface area (Å²) < 4.78 is 0. The zero-order valence-electron chi connectivity index (χ0n) is 4.49. The summed E-state index contributed by atoms with van der Waals surface area (Å²) in [5.74, 6) is 0. The highest BCUT2D eigenvalue weighted by molar-refractivity contribution is 6.29. The van der Waals surface area contributed by atoms with Gasteiger partial charge < -0.3 is 5.23 Å². The summed E-state index contributed by atoms with van der Waals surface area (Å²) in [6.07, 6.45) is 1.21. The van der Waals surface area contributed by atoms with E-state index in [2.05, 4.69) is 12.2 Å². The summed E-state index contributed by atoms with van der Waals surface area (Å²) in [5.41, 5.74) is 0. The number of hydrogen-bond acceptors (Lipinski definition) is 1. The highest BCUT2D eigenvalue weighted by atomic mass is 14.7. The number of hydrogen-bond donors (Lipinski definition) is 1. The molecule has 0 spiro atoms. The van der Waals surface area contributed by atoms with Gasteiger partial charge in [-0.2, -0.15) is 0 Å². The van der Waals surface area contributed by atoms with Gasteiger partial charge in [-0.1, -0.05) is 13.7 Å². The highest BCUT2D eigenvalue weighted by Gasteiger charge is 1.74. The van der Waals surface area contributed by atoms with Crippen LogP contribution in [0.3, 0.4) is 0 Å². The van der Waals surface area contributed by atoms with Crippen molar-refractivity contribution in [2.45, 2.75) is 20.2 Å². The Morgan fingerprint density at radius 1 is 1.67 bits per heavy atom. The molecule has 0 unspecified atom stereocenters. The molecule has 0 aromatic rings. The van der Waals surface area contributed by atoms with Gasteiger partial charge in [-0.3, -0.25) is 0 Å². The molecule has 0 amide bonds. The first kappa shape index (κ1) is 6.02. The number of nitrogens with one attached hydrogen (secondary N) is 1. The molecule has 0 aliphatic carbocycles. The van der Waals surface area contributed by atoms with E-state index in [0.29, 0.717) is 0 Å². The lowest BCUT2D eigenvalue weighted by molar-refractivity contribution is 0.862. The Hall–Kier alpha value is 0.0249. The van der Waals surface area contributed by atoms with Crippen molar-refractivity contribution in [3.63, 3.8) is 0 Å². The minimum Gasteiger partial charge on any atom is -0.360 e. The van der Waals surface area contributed by atoms with Crippen LogP contribution >= 0.6 is 0 Å². The predicted molar refractivity (Wildman–Crippen MR) is 29.9 cm³/mol. The van der Waals surface area contributed by atoms with Crippen LogP contribution in [0.1, 0.15) is 13.3 Å². The predicted octanol–water partition coefficient (Wildman–Crippen LogP) is 0.653. The first-order chi connectivity index (χ1) is 2.91. The summed E-state index contributed by atoms with van der Waals surface area (Å²) in [6, 6.07) is 0. The van der Waals surface area contributed by atoms with Crippen LogP contribution in [0, 0.1) is 0 Å². The molecule has 0 saturated heterocycles. The van der Waals surface area contributed by atoms with Crippen molar-refractivity contribution in [1.82, 2.24) is 5.23 Å². The van der Waals surface area contributed by atoms with Crippen LogP contribution < -0.4 is 5.23 Å². The fourth-order valence-electron chi connectivity index (χ4n) is 0.289. The van der Waals surface area contributed by atoms with Crippen LogP contribution in [0.25, 0.3) is 0 Å². The van der Waals surface area contributed by atoms with E-state index in [1.807, 2.05) is 14.2 Å². The summed E-state index contributed by atoms with van der Waals surface area (Å²) in [4.78, 5) is 0. The van der Waals surface area contributed by atoms with Gasteiger partial charge in [0.25, 0.3) is 0 Å². The molecule has 1 nitrogen and oxygen atoms in total. The third-order valence-electron chi connectivity index (χ3n) is 0.598. The zero-order chi connectivity index (χ0) is 4.83. The van der Waals surface area contributed by atoms with Crippen molar-refractivity contribution >= 4 is 7.41 Å². The third-order valence-corrected chi connectivity index (χ3v) is 0.598. The van der Waals surface area contributed by atoms with Crippen molar-refractivity contribution in [1.29, 1.82) is 0 Å². The molecule has 0 aliphatic heterocycles. The molecule has 0 aliphatic rings. The van der Waals surface area contributed by atoms with Crippen molar-refractivity contribution in [2.24, 2.45) is 0 Å². The summed E-state index contributed by atoms with van der Waals surface area (Å²) in [7, 11) is 1.96. The molecule has 1 radical (unpaired) electrons. The molecular weight excluding hydrogens is 72.9 g/mol. The monoisotopic (exact) mass is 84.1 g/mol. The van der Waals surface area contributed by atoms with Gasteiger partial charge in [0.15, 0.2) is 0 Å². The molecule has 1 N–H and O–H groups in total. The molecule has 0 atom stereocenters. The largest absolute Gasteiger partial charge is 0.360 e. The van der Waals surface area contributed by atoms with Crippen LogP contribution in [-0.4, -0.2) is 14.0 Å². The van der Waals surface area contributed by atoms with Crippen LogP contribution in [0.5, 0.6) is 0 Å². The van der Waals surface area contributed by atoms with Gasteiger partial charge in [0.1, 0.15) is 0 Å². The molecule has 6 heavy (non-hydrogen) atoms. The number of rotatable bonds is 3. The lowest BCUT2D eigenvalue weighted by atomic mass is 10.0. The van der Waals surface area contributed by atoms with Gasteiger partial charge in [-0.25, -0.2) is 0 Å². The Kier molecular flexibility index (Phi) is 5.05. The smallest absolute Gasteiger partial charge is 0.201 e. The quantitative estimate of drug-likeness (QED) is 0.391. The minimum absolute atomic E-state index is 1.11. The summed E-state index contributed by atoms with van der Waals surface area (Å²) in [5, 5.41) is 3.07. The van der Waals surface area contributed by atoms with Crippen molar-refractivity contribution in [3.8, 4) is 0 Å². The van der Waals surface area contributed by atoms with E-state index in [0.717, 1.165) is 6.54 Å². The third kappa shape index (κ3) is 4.02. The van der Waals surface area contributed by atoms with Crippen LogP contribution in [0.2, 0.25) is 6.82 Å². The molecule has 0 aromatic carbocycles. The first-order valence-corrected chi connectivity index (χ1v) is 2.43. The molecule has 2 heteroatoms. The topological polar surface area (TPSA) is 12.0 Å². The van der Waals surface area contributed by atoms with Crippen LogP contribution in [-0.2, 0) is 0 Å². The molecular formula is C4H11BN. The normalized spacial score (nSPS) is 8.33. The second-order valence-corrected chi connectivity index (χ2v) is 1.24. The highest BCUT2D eigenvalue weighted by Crippen LogP contribution is 1.64. The van der Waals surface area contributed by atoms with Crippen molar-refractivity contribution in [3.05, 3.63) is 0 Å². The van der Waals surface area contributed by atoms with Gasteiger partial charge in [0, 0.05) is 0 Å². The van der Waals surface area contributed by atoms with Crippen molar-refractivity contribution < 1.29 is 0 Å².